The van der Waals surface area contributed by atoms with Crippen molar-refractivity contribution >= 4 is 91.9 Å². The summed E-state index contributed by atoms with van der Waals surface area (Å²) < 4.78 is 5.07. The third-order valence-corrected chi connectivity index (χ3v) is 14.5. The monoisotopic (exact) mass is 782 g/mol. The highest BCUT2D eigenvalue weighted by molar-refractivity contribution is 7.26. The Morgan fingerprint density at radius 1 is 0.417 bits per heavy atom. The van der Waals surface area contributed by atoms with Gasteiger partial charge in [0, 0.05) is 58.8 Å². The Balaban J connectivity index is 1.02. The predicted molar refractivity (Wildman–Crippen MR) is 258 cm³/mol. The highest BCUT2D eigenvalue weighted by Crippen LogP contribution is 2.53. The number of hydrogen-bond acceptors (Lipinski definition) is 2. The molecule has 0 atom stereocenters. The fraction of sp³-hybridized carbons (Fsp3) is 0.0526. The summed E-state index contributed by atoms with van der Waals surface area (Å²) in [6.45, 7) is 4.75. The summed E-state index contributed by atoms with van der Waals surface area (Å²) in [6.07, 6.45) is 0. The summed E-state index contributed by atoms with van der Waals surface area (Å²) in [5.41, 5.74) is 14.8. The molecule has 3 heteroatoms. The summed E-state index contributed by atoms with van der Waals surface area (Å²) >= 11 is 1.90. The van der Waals surface area contributed by atoms with Crippen molar-refractivity contribution in [2.45, 2.75) is 19.3 Å². The van der Waals surface area contributed by atoms with Crippen LogP contribution in [0.25, 0.3) is 91.5 Å². The number of anilines is 3. The molecule has 0 bridgehead atoms. The second-order valence-electron chi connectivity index (χ2n) is 16.9. The van der Waals surface area contributed by atoms with Crippen LogP contribution in [0, 0.1) is 0 Å². The van der Waals surface area contributed by atoms with Gasteiger partial charge in [0.2, 0.25) is 0 Å². The number of thiophene rings is 1. The van der Waals surface area contributed by atoms with Crippen LogP contribution in [0.5, 0.6) is 0 Å². The SMILES string of the molecule is CC1(C)c2ccccc2-c2ccc(N(c3ccc(-c4ccc5c(c4)c4ccccc4n5-c4ccccc4)cc3)c3cccc4c5cccc6sc7cccc(c34)c7c65)cc21. The molecule has 2 nitrogen and oxygen atoms in total. The Morgan fingerprint density at radius 3 is 1.87 bits per heavy atom. The van der Waals surface area contributed by atoms with Gasteiger partial charge in [-0.3, -0.25) is 0 Å². The first-order valence-electron chi connectivity index (χ1n) is 20.8. The van der Waals surface area contributed by atoms with Gasteiger partial charge in [-0.15, -0.1) is 11.3 Å². The van der Waals surface area contributed by atoms with E-state index in [9.17, 15) is 0 Å². The molecule has 0 saturated carbocycles. The van der Waals surface area contributed by atoms with Crippen LogP contribution in [-0.2, 0) is 5.41 Å². The molecule has 0 aliphatic heterocycles. The number of fused-ring (bicyclic) bond motifs is 9. The number of benzene rings is 10. The third kappa shape index (κ3) is 4.64. The van der Waals surface area contributed by atoms with Crippen LogP contribution in [-0.4, -0.2) is 4.57 Å². The molecule has 0 unspecified atom stereocenters. The van der Waals surface area contributed by atoms with E-state index in [-0.39, 0.29) is 5.41 Å². The number of aromatic nitrogens is 1. The third-order valence-electron chi connectivity index (χ3n) is 13.3. The van der Waals surface area contributed by atoms with Crippen LogP contribution in [0.1, 0.15) is 25.0 Å². The molecule has 0 fully saturated rings. The zero-order valence-electron chi connectivity index (χ0n) is 33.3. The van der Waals surface area contributed by atoms with E-state index in [1.54, 1.807) is 0 Å². The minimum Gasteiger partial charge on any atom is -0.310 e. The van der Waals surface area contributed by atoms with Crippen LogP contribution in [0.4, 0.5) is 17.1 Å². The maximum absolute atomic E-state index is 2.51. The number of rotatable bonds is 5. The standard InChI is InChI=1S/C57H38N2S/c1-57(2)47-20-8-6-15-40(47)41-31-30-39(34-48(41)57)58(51-22-10-17-43-44-18-11-23-52-55(44)56-45(54(43)51)19-12-24-53(56)60-52)38-28-25-35(26-29-38)36-27-32-50-46(33-36)42-16-7-9-21-49(42)59(50)37-13-4-3-5-14-37/h3-34H,1-2H3. The van der Waals surface area contributed by atoms with Crippen molar-refractivity contribution in [2.24, 2.45) is 0 Å². The number of para-hydroxylation sites is 2. The molecule has 12 aromatic rings. The summed E-state index contributed by atoms with van der Waals surface area (Å²) in [5.74, 6) is 0. The second-order valence-corrected chi connectivity index (χ2v) is 17.9. The fourth-order valence-corrected chi connectivity index (χ4v) is 11.8. The van der Waals surface area contributed by atoms with Gasteiger partial charge in [0.15, 0.2) is 0 Å². The molecule has 13 rings (SSSR count). The quantitative estimate of drug-likeness (QED) is 0.158. The zero-order chi connectivity index (χ0) is 39.7. The van der Waals surface area contributed by atoms with Crippen LogP contribution >= 0.6 is 11.3 Å². The number of hydrogen-bond donors (Lipinski definition) is 0. The Hall–Kier alpha value is -7.20. The average molecular weight is 783 g/mol. The lowest BCUT2D eigenvalue weighted by molar-refractivity contribution is 0.660. The Bertz CT molecular complexity index is 3680. The smallest absolute Gasteiger partial charge is 0.0546 e. The van der Waals surface area contributed by atoms with Gasteiger partial charge in [0.05, 0.1) is 16.7 Å². The van der Waals surface area contributed by atoms with E-state index in [4.69, 9.17) is 0 Å². The molecule has 2 aromatic heterocycles. The van der Waals surface area contributed by atoms with Crippen molar-refractivity contribution in [3.8, 4) is 27.9 Å². The van der Waals surface area contributed by atoms with Crippen LogP contribution in [0.15, 0.2) is 194 Å². The summed E-state index contributed by atoms with van der Waals surface area (Å²) in [5, 5.41) is 10.5. The maximum Gasteiger partial charge on any atom is 0.0546 e. The second kappa shape index (κ2) is 12.4. The highest BCUT2D eigenvalue weighted by Gasteiger charge is 2.36. The van der Waals surface area contributed by atoms with E-state index < -0.39 is 0 Å². The van der Waals surface area contributed by atoms with Gasteiger partial charge in [0.1, 0.15) is 0 Å². The fourth-order valence-electron chi connectivity index (χ4n) is 10.6. The summed E-state index contributed by atoms with van der Waals surface area (Å²) in [4.78, 5) is 2.51. The molecule has 1 aliphatic rings. The minimum absolute atomic E-state index is 0.122. The molecule has 0 saturated heterocycles. The topological polar surface area (TPSA) is 8.17 Å². The van der Waals surface area contributed by atoms with Crippen molar-refractivity contribution in [3.05, 3.63) is 205 Å². The molecule has 2 heterocycles. The van der Waals surface area contributed by atoms with Gasteiger partial charge >= 0.3 is 0 Å². The van der Waals surface area contributed by atoms with Crippen molar-refractivity contribution in [2.75, 3.05) is 4.90 Å². The molecule has 60 heavy (non-hydrogen) atoms. The zero-order valence-corrected chi connectivity index (χ0v) is 34.1. The van der Waals surface area contributed by atoms with E-state index in [0.717, 1.165) is 11.4 Å². The molecule has 1 aliphatic carbocycles. The van der Waals surface area contributed by atoms with E-state index in [0.29, 0.717) is 0 Å². The summed E-state index contributed by atoms with van der Waals surface area (Å²) in [7, 11) is 0. The normalized spacial score (nSPS) is 13.3. The number of nitrogens with zero attached hydrogens (tertiary/aromatic N) is 2. The van der Waals surface area contributed by atoms with E-state index in [1.165, 1.54) is 108 Å². The lowest BCUT2D eigenvalue weighted by Crippen LogP contribution is -2.16. The van der Waals surface area contributed by atoms with Crippen LogP contribution in [0.2, 0.25) is 0 Å². The van der Waals surface area contributed by atoms with Gasteiger partial charge in [0.25, 0.3) is 0 Å². The van der Waals surface area contributed by atoms with Gasteiger partial charge in [-0.25, -0.2) is 0 Å². The van der Waals surface area contributed by atoms with Crippen molar-refractivity contribution in [1.82, 2.24) is 4.57 Å². The Labute approximate surface area is 352 Å². The molecule has 0 amide bonds. The Morgan fingerprint density at radius 2 is 1.03 bits per heavy atom. The van der Waals surface area contributed by atoms with E-state index >= 15 is 0 Å². The first-order valence-corrected chi connectivity index (χ1v) is 21.7. The van der Waals surface area contributed by atoms with Gasteiger partial charge in [-0.2, -0.15) is 0 Å². The molecular formula is C57H38N2S. The summed E-state index contributed by atoms with van der Waals surface area (Å²) in [6, 6.07) is 72.3. The van der Waals surface area contributed by atoms with Crippen LogP contribution < -0.4 is 4.90 Å². The lowest BCUT2D eigenvalue weighted by atomic mass is 9.82. The lowest BCUT2D eigenvalue weighted by Gasteiger charge is -2.30. The molecule has 0 N–H and O–H groups in total. The van der Waals surface area contributed by atoms with Crippen LogP contribution in [0.3, 0.4) is 0 Å². The first kappa shape index (κ1) is 33.7. The predicted octanol–water partition coefficient (Wildman–Crippen LogP) is 16.3. The molecular weight excluding hydrogens is 745 g/mol. The van der Waals surface area contributed by atoms with Gasteiger partial charge in [-0.1, -0.05) is 135 Å². The minimum atomic E-state index is -0.122. The van der Waals surface area contributed by atoms with Crippen molar-refractivity contribution < 1.29 is 0 Å². The Kier molecular flexibility index (Phi) is 6.98. The molecule has 10 aromatic carbocycles. The highest BCUT2D eigenvalue weighted by atomic mass is 32.1. The van der Waals surface area contributed by atoms with E-state index in [2.05, 4.69) is 217 Å². The largest absolute Gasteiger partial charge is 0.310 e. The van der Waals surface area contributed by atoms with Gasteiger partial charge < -0.3 is 9.47 Å². The maximum atomic E-state index is 2.51. The van der Waals surface area contributed by atoms with Gasteiger partial charge in [-0.05, 0) is 122 Å². The van der Waals surface area contributed by atoms with Crippen molar-refractivity contribution in [1.29, 1.82) is 0 Å². The first-order chi connectivity index (χ1) is 29.5. The van der Waals surface area contributed by atoms with Crippen molar-refractivity contribution in [3.63, 3.8) is 0 Å². The van der Waals surface area contributed by atoms with E-state index in [1.807, 2.05) is 11.3 Å². The molecule has 0 radical (unpaired) electrons. The molecule has 282 valence electrons. The average Bonchev–Trinajstić information content (AvgIpc) is 3.92. The molecule has 0 spiro atoms.